The molecule has 2 aliphatic carbocycles. The Morgan fingerprint density at radius 3 is 2.92 bits per heavy atom. The van der Waals surface area contributed by atoms with Gasteiger partial charge in [0.25, 0.3) is 5.56 Å². The highest BCUT2D eigenvalue weighted by atomic mass is 16.2. The number of hydrogen-bond acceptors (Lipinski definition) is 4. The number of rotatable bonds is 5. The number of nitrogens with zero attached hydrogens (tertiary/aromatic N) is 3. The average Bonchev–Trinajstić information content (AvgIpc) is 3.22. The van der Waals surface area contributed by atoms with Crippen LogP contribution in [0.15, 0.2) is 41.2 Å². The van der Waals surface area contributed by atoms with E-state index in [4.69, 9.17) is 0 Å². The van der Waals surface area contributed by atoms with Gasteiger partial charge in [-0.1, -0.05) is 29.5 Å². The topological polar surface area (TPSA) is 76.9 Å². The first-order valence-electron chi connectivity index (χ1n) is 8.48. The van der Waals surface area contributed by atoms with Crippen LogP contribution < -0.4 is 10.9 Å². The van der Waals surface area contributed by atoms with Crippen LogP contribution in [0.25, 0.3) is 10.9 Å². The zero-order valence-corrected chi connectivity index (χ0v) is 13.4. The number of aryl methyl sites for hydroxylation is 1. The molecule has 2 bridgehead atoms. The fourth-order valence-corrected chi connectivity index (χ4v) is 3.84. The van der Waals surface area contributed by atoms with E-state index in [9.17, 15) is 9.59 Å². The summed E-state index contributed by atoms with van der Waals surface area (Å²) in [5, 5.41) is 11.5. The fraction of sp³-hybridized carbons (Fsp3) is 0.444. The third kappa shape index (κ3) is 2.84. The normalized spacial score (nSPS) is 24.6. The standard InChI is InChI=1S/C18H20N4O2/c23-17(19-11-14-10-12-5-6-13(14)9-12)7-8-22-18(24)15-3-1-2-4-16(15)20-21-22/h1-6,12-14H,7-11H2,(H,19,23)/t12-,13-,14+/m1/s1. The molecular formula is C18H20N4O2. The van der Waals surface area contributed by atoms with E-state index in [2.05, 4.69) is 27.8 Å². The van der Waals surface area contributed by atoms with Crippen LogP contribution in [-0.4, -0.2) is 27.4 Å². The Balaban J connectivity index is 1.33. The minimum absolute atomic E-state index is 0.0383. The van der Waals surface area contributed by atoms with Gasteiger partial charge in [-0.25, -0.2) is 4.68 Å². The molecule has 1 heterocycles. The van der Waals surface area contributed by atoms with Crippen LogP contribution in [-0.2, 0) is 11.3 Å². The van der Waals surface area contributed by atoms with E-state index in [-0.39, 0.29) is 24.4 Å². The molecular weight excluding hydrogens is 304 g/mol. The number of nitrogens with one attached hydrogen (secondary N) is 1. The summed E-state index contributed by atoms with van der Waals surface area (Å²) < 4.78 is 1.27. The lowest BCUT2D eigenvalue weighted by Crippen LogP contribution is -2.33. The van der Waals surface area contributed by atoms with Crippen molar-refractivity contribution < 1.29 is 4.79 Å². The largest absolute Gasteiger partial charge is 0.356 e. The first-order chi connectivity index (χ1) is 11.7. The van der Waals surface area contributed by atoms with E-state index < -0.39 is 0 Å². The minimum atomic E-state index is -0.202. The fourth-order valence-electron chi connectivity index (χ4n) is 3.84. The number of amides is 1. The Bertz CT molecular complexity index is 857. The molecule has 1 N–H and O–H groups in total. The molecule has 3 atom stereocenters. The van der Waals surface area contributed by atoms with Crippen molar-refractivity contribution >= 4 is 16.8 Å². The second-order valence-electron chi connectivity index (χ2n) is 6.73. The molecule has 1 aromatic heterocycles. The molecule has 0 saturated heterocycles. The number of carbonyl (C=O) groups excluding carboxylic acids is 1. The molecule has 2 aromatic rings. The monoisotopic (exact) mass is 324 g/mol. The summed E-state index contributed by atoms with van der Waals surface area (Å²) in [7, 11) is 0. The first-order valence-corrected chi connectivity index (χ1v) is 8.48. The second-order valence-corrected chi connectivity index (χ2v) is 6.73. The van der Waals surface area contributed by atoms with Crippen LogP contribution in [0, 0.1) is 17.8 Å². The molecule has 0 unspecified atom stereocenters. The second kappa shape index (κ2) is 6.19. The minimum Gasteiger partial charge on any atom is -0.356 e. The van der Waals surface area contributed by atoms with Crippen molar-refractivity contribution in [3.05, 3.63) is 46.8 Å². The lowest BCUT2D eigenvalue weighted by molar-refractivity contribution is -0.121. The number of benzene rings is 1. The van der Waals surface area contributed by atoms with Crippen molar-refractivity contribution in [2.45, 2.75) is 25.8 Å². The molecule has 6 nitrogen and oxygen atoms in total. The Morgan fingerprint density at radius 2 is 2.12 bits per heavy atom. The van der Waals surface area contributed by atoms with Gasteiger partial charge in [0.15, 0.2) is 0 Å². The Morgan fingerprint density at radius 1 is 1.25 bits per heavy atom. The van der Waals surface area contributed by atoms with Crippen molar-refractivity contribution in [3.8, 4) is 0 Å². The third-order valence-electron chi connectivity index (χ3n) is 5.16. The van der Waals surface area contributed by atoms with Crippen LogP contribution in [0.5, 0.6) is 0 Å². The summed E-state index contributed by atoms with van der Waals surface area (Å²) in [4.78, 5) is 24.4. The van der Waals surface area contributed by atoms with E-state index in [1.165, 1.54) is 17.5 Å². The van der Waals surface area contributed by atoms with Gasteiger partial charge in [0, 0.05) is 13.0 Å². The van der Waals surface area contributed by atoms with Crippen LogP contribution in [0.4, 0.5) is 0 Å². The van der Waals surface area contributed by atoms with Gasteiger partial charge in [0.2, 0.25) is 5.91 Å². The van der Waals surface area contributed by atoms with Crippen LogP contribution in [0.2, 0.25) is 0 Å². The summed E-state index contributed by atoms with van der Waals surface area (Å²) in [6.07, 6.45) is 7.24. The molecule has 6 heteroatoms. The molecule has 2 aliphatic rings. The maximum atomic E-state index is 12.3. The van der Waals surface area contributed by atoms with Crippen molar-refractivity contribution in [2.24, 2.45) is 17.8 Å². The van der Waals surface area contributed by atoms with E-state index in [0.717, 1.165) is 6.54 Å². The highest BCUT2D eigenvalue weighted by molar-refractivity contribution is 5.77. The Labute approximate surface area is 139 Å². The summed E-state index contributed by atoms with van der Waals surface area (Å²) >= 11 is 0. The molecule has 1 fully saturated rings. The number of allylic oxidation sites excluding steroid dienone is 2. The lowest BCUT2D eigenvalue weighted by Gasteiger charge is -2.18. The van der Waals surface area contributed by atoms with Gasteiger partial charge in [0.05, 0.1) is 11.9 Å². The maximum absolute atomic E-state index is 12.3. The summed E-state index contributed by atoms with van der Waals surface area (Å²) in [6.45, 7) is 0.974. The van der Waals surface area contributed by atoms with Crippen molar-refractivity contribution in [1.82, 2.24) is 20.3 Å². The third-order valence-corrected chi connectivity index (χ3v) is 5.16. The van der Waals surface area contributed by atoms with Gasteiger partial charge in [-0.2, -0.15) is 0 Å². The van der Waals surface area contributed by atoms with Gasteiger partial charge in [-0.05, 0) is 42.7 Å². The number of hydrogen-bond donors (Lipinski definition) is 1. The zero-order chi connectivity index (χ0) is 16.5. The van der Waals surface area contributed by atoms with Crippen molar-refractivity contribution in [3.63, 3.8) is 0 Å². The molecule has 0 spiro atoms. The molecule has 1 saturated carbocycles. The van der Waals surface area contributed by atoms with Crippen LogP contribution in [0.1, 0.15) is 19.3 Å². The summed E-state index contributed by atoms with van der Waals surface area (Å²) in [6, 6.07) is 7.10. The SMILES string of the molecule is O=C(CCn1nnc2ccccc2c1=O)NC[C@@H]1C[C@@H]2C=C[C@@H]1C2. The van der Waals surface area contributed by atoms with Gasteiger partial charge >= 0.3 is 0 Å². The highest BCUT2D eigenvalue weighted by Gasteiger charge is 2.35. The van der Waals surface area contributed by atoms with Gasteiger partial charge in [-0.3, -0.25) is 9.59 Å². The summed E-state index contributed by atoms with van der Waals surface area (Å²) in [5.41, 5.74) is 0.374. The predicted octanol–water partition coefficient (Wildman–Crippen LogP) is 1.51. The van der Waals surface area contributed by atoms with Gasteiger partial charge < -0.3 is 5.32 Å². The predicted molar refractivity (Wildman–Crippen MR) is 90.3 cm³/mol. The maximum Gasteiger partial charge on any atom is 0.277 e. The van der Waals surface area contributed by atoms with E-state index in [1.54, 1.807) is 18.2 Å². The van der Waals surface area contributed by atoms with Gasteiger partial charge in [0.1, 0.15) is 5.52 Å². The quantitative estimate of drug-likeness (QED) is 0.846. The Kier molecular flexibility index (Phi) is 3.88. The molecule has 4 rings (SSSR count). The highest BCUT2D eigenvalue weighted by Crippen LogP contribution is 2.42. The molecule has 0 aliphatic heterocycles. The van der Waals surface area contributed by atoms with Gasteiger partial charge in [-0.15, -0.1) is 5.10 Å². The summed E-state index contributed by atoms with van der Waals surface area (Å²) in [5.74, 6) is 1.86. The van der Waals surface area contributed by atoms with Crippen molar-refractivity contribution in [2.75, 3.05) is 6.54 Å². The lowest BCUT2D eigenvalue weighted by atomic mass is 9.93. The number of aromatic nitrogens is 3. The average molecular weight is 324 g/mol. The number of fused-ring (bicyclic) bond motifs is 3. The van der Waals surface area contributed by atoms with Crippen LogP contribution in [0.3, 0.4) is 0 Å². The molecule has 1 amide bonds. The Hall–Kier alpha value is -2.50. The molecule has 24 heavy (non-hydrogen) atoms. The van der Waals surface area contributed by atoms with E-state index >= 15 is 0 Å². The van der Waals surface area contributed by atoms with E-state index in [0.29, 0.717) is 28.7 Å². The zero-order valence-electron chi connectivity index (χ0n) is 13.4. The smallest absolute Gasteiger partial charge is 0.277 e. The molecule has 0 radical (unpaired) electrons. The number of carbonyl (C=O) groups is 1. The van der Waals surface area contributed by atoms with Crippen LogP contribution >= 0.6 is 0 Å². The van der Waals surface area contributed by atoms with E-state index in [1.807, 2.05) is 6.07 Å². The molecule has 1 aromatic carbocycles. The molecule has 124 valence electrons. The first kappa shape index (κ1) is 15.1. The van der Waals surface area contributed by atoms with Crippen molar-refractivity contribution in [1.29, 1.82) is 0 Å².